The van der Waals surface area contributed by atoms with Crippen LogP contribution < -0.4 is 0 Å². The summed E-state index contributed by atoms with van der Waals surface area (Å²) in [5.74, 6) is 1.74. The molecule has 0 radical (unpaired) electrons. The third kappa shape index (κ3) is 2.62. The van der Waals surface area contributed by atoms with E-state index in [1.54, 1.807) is 0 Å². The van der Waals surface area contributed by atoms with Gasteiger partial charge in [0.25, 0.3) is 0 Å². The number of aliphatic hydroxyl groups excluding tert-OH is 1. The minimum Gasteiger partial charge on any atom is -0.515 e. The van der Waals surface area contributed by atoms with Crippen LogP contribution in [0, 0.1) is 40.4 Å². The molecule has 1 N–H and O–H groups in total. The largest absolute Gasteiger partial charge is 0.515 e. The SMILES string of the molecule is C=C(C)[C@H]1CC[C@H]2[C@@H]3[C@H]4OC(C)(C)O[C@@H]4[C@H]4CC(=O)C(=CO)C[C@]4(C)[C@H]3CC[C@]12C. The summed E-state index contributed by atoms with van der Waals surface area (Å²) in [6.07, 6.45) is 7.04. The quantitative estimate of drug-likeness (QED) is 0.346. The van der Waals surface area contributed by atoms with Gasteiger partial charge in [-0.2, -0.15) is 0 Å². The predicted molar refractivity (Wildman–Crippen MR) is 116 cm³/mol. The Bertz CT molecular complexity index is 812. The zero-order valence-electron chi connectivity index (χ0n) is 19.2. The first-order valence-electron chi connectivity index (χ1n) is 11.9. The van der Waals surface area contributed by atoms with E-state index in [2.05, 4.69) is 27.4 Å². The number of hydrogen-bond donors (Lipinski definition) is 1. The van der Waals surface area contributed by atoms with Crippen molar-refractivity contribution in [1.29, 1.82) is 0 Å². The van der Waals surface area contributed by atoms with Gasteiger partial charge < -0.3 is 14.6 Å². The molecule has 4 aliphatic carbocycles. The first-order valence-corrected chi connectivity index (χ1v) is 11.9. The molecule has 1 heterocycles. The number of ketones is 1. The molecule has 5 aliphatic rings. The molecule has 30 heavy (non-hydrogen) atoms. The minimum atomic E-state index is -0.610. The van der Waals surface area contributed by atoms with Crippen molar-refractivity contribution in [2.45, 2.75) is 91.1 Å². The third-order valence-electron chi connectivity index (χ3n) is 10.1. The molecule has 4 saturated carbocycles. The number of Topliss-reactive ketones (excluding diaryl/α,β-unsaturated/α-hetero) is 1. The van der Waals surface area contributed by atoms with Crippen molar-refractivity contribution in [3.05, 3.63) is 24.0 Å². The normalized spacial score (nSPS) is 53.0. The van der Waals surface area contributed by atoms with E-state index in [4.69, 9.17) is 9.47 Å². The van der Waals surface area contributed by atoms with Crippen LogP contribution in [0.25, 0.3) is 0 Å². The summed E-state index contributed by atoms with van der Waals surface area (Å²) in [6, 6.07) is 0. The Labute approximate surface area is 181 Å². The van der Waals surface area contributed by atoms with Gasteiger partial charge in [-0.05, 0) is 87.4 Å². The Kier molecular flexibility index (Phi) is 4.46. The standard InChI is InChI=1S/C26H38O4/c1-14(2)16-7-8-17-21-18(9-10-25(16,17)5)26(6)12-15(13-27)20(28)11-19(26)22-23(21)30-24(3,4)29-22/h13,16-19,21-23,27H,1,7-12H2,2-6H3/t16-,17+,18+,19-,21+,22-,23-,25-,26-/m1/s1. The van der Waals surface area contributed by atoms with E-state index in [1.165, 1.54) is 24.8 Å². The number of ether oxygens (including phenoxy) is 2. The van der Waals surface area contributed by atoms with E-state index in [-0.39, 0.29) is 34.7 Å². The average Bonchev–Trinajstić information content (AvgIpc) is 3.18. The Hall–Kier alpha value is -1.13. The maximum Gasteiger partial charge on any atom is 0.163 e. The number of allylic oxidation sites excluding steroid dienone is 2. The molecule has 4 heteroatoms. The first kappa shape index (κ1) is 20.8. The van der Waals surface area contributed by atoms with Gasteiger partial charge in [0.1, 0.15) is 0 Å². The van der Waals surface area contributed by atoms with Crippen molar-refractivity contribution in [2.24, 2.45) is 40.4 Å². The summed E-state index contributed by atoms with van der Waals surface area (Å²) >= 11 is 0. The third-order valence-corrected chi connectivity index (χ3v) is 10.1. The molecule has 166 valence electrons. The van der Waals surface area contributed by atoms with Gasteiger partial charge in [-0.1, -0.05) is 26.0 Å². The monoisotopic (exact) mass is 414 g/mol. The summed E-state index contributed by atoms with van der Waals surface area (Å²) in [5, 5.41) is 9.77. The van der Waals surface area contributed by atoms with Crippen LogP contribution in [-0.2, 0) is 14.3 Å². The molecular weight excluding hydrogens is 376 g/mol. The van der Waals surface area contributed by atoms with Crippen LogP contribution in [0.15, 0.2) is 24.0 Å². The first-order chi connectivity index (χ1) is 14.0. The zero-order valence-corrected chi connectivity index (χ0v) is 19.2. The van der Waals surface area contributed by atoms with Crippen LogP contribution in [0.1, 0.15) is 73.1 Å². The number of carbonyl (C=O) groups excluding carboxylic acids is 1. The van der Waals surface area contributed by atoms with Gasteiger partial charge >= 0.3 is 0 Å². The number of fused-ring (bicyclic) bond motifs is 8. The van der Waals surface area contributed by atoms with E-state index in [1.807, 2.05) is 13.8 Å². The fourth-order valence-electron chi connectivity index (χ4n) is 8.88. The molecular formula is C26H38O4. The van der Waals surface area contributed by atoms with Gasteiger partial charge in [0.05, 0.1) is 18.5 Å². The lowest BCUT2D eigenvalue weighted by atomic mass is 9.43. The molecule has 0 aromatic heterocycles. The molecule has 5 fully saturated rings. The van der Waals surface area contributed by atoms with E-state index >= 15 is 0 Å². The molecule has 9 atom stereocenters. The highest BCUT2D eigenvalue weighted by Gasteiger charge is 2.68. The molecule has 0 amide bonds. The van der Waals surface area contributed by atoms with Crippen molar-refractivity contribution in [2.75, 3.05) is 0 Å². The molecule has 5 rings (SSSR count). The molecule has 4 nitrogen and oxygen atoms in total. The lowest BCUT2D eigenvalue weighted by molar-refractivity contribution is -0.175. The Morgan fingerprint density at radius 1 is 1.03 bits per heavy atom. The number of rotatable bonds is 1. The molecule has 0 spiro atoms. The molecule has 1 saturated heterocycles. The highest BCUT2D eigenvalue weighted by molar-refractivity contribution is 5.96. The Morgan fingerprint density at radius 3 is 2.37 bits per heavy atom. The molecule has 0 aromatic carbocycles. The fraction of sp³-hybridized carbons (Fsp3) is 0.808. The van der Waals surface area contributed by atoms with Crippen LogP contribution in [-0.4, -0.2) is 28.9 Å². The number of carbonyl (C=O) groups is 1. The lowest BCUT2D eigenvalue weighted by Gasteiger charge is -2.62. The Balaban J connectivity index is 1.60. The minimum absolute atomic E-state index is 0.0401. The van der Waals surface area contributed by atoms with Gasteiger partial charge in [-0.25, -0.2) is 0 Å². The topological polar surface area (TPSA) is 55.8 Å². The summed E-state index contributed by atoms with van der Waals surface area (Å²) in [4.78, 5) is 12.7. The van der Waals surface area contributed by atoms with Gasteiger partial charge in [-0.3, -0.25) is 4.79 Å². The summed E-state index contributed by atoms with van der Waals surface area (Å²) in [6.45, 7) is 15.5. The van der Waals surface area contributed by atoms with Gasteiger partial charge in [0, 0.05) is 17.9 Å². The highest BCUT2D eigenvalue weighted by atomic mass is 16.8. The number of aliphatic hydroxyl groups is 1. The maximum atomic E-state index is 12.7. The molecule has 0 unspecified atom stereocenters. The van der Waals surface area contributed by atoms with E-state index in [0.29, 0.717) is 42.1 Å². The van der Waals surface area contributed by atoms with Crippen LogP contribution in [0.4, 0.5) is 0 Å². The van der Waals surface area contributed by atoms with E-state index in [9.17, 15) is 9.90 Å². The van der Waals surface area contributed by atoms with Gasteiger partial charge in [0.15, 0.2) is 11.6 Å². The van der Waals surface area contributed by atoms with Crippen LogP contribution in [0.5, 0.6) is 0 Å². The van der Waals surface area contributed by atoms with Crippen LogP contribution >= 0.6 is 0 Å². The average molecular weight is 415 g/mol. The van der Waals surface area contributed by atoms with Crippen LogP contribution in [0.2, 0.25) is 0 Å². The maximum absolute atomic E-state index is 12.7. The lowest BCUT2D eigenvalue weighted by Crippen LogP contribution is -2.63. The van der Waals surface area contributed by atoms with Crippen molar-refractivity contribution >= 4 is 5.78 Å². The highest BCUT2D eigenvalue weighted by Crippen LogP contribution is 2.70. The Morgan fingerprint density at radius 2 is 1.70 bits per heavy atom. The van der Waals surface area contributed by atoms with E-state index in [0.717, 1.165) is 12.7 Å². The van der Waals surface area contributed by atoms with Gasteiger partial charge in [0.2, 0.25) is 0 Å². The smallest absolute Gasteiger partial charge is 0.163 e. The predicted octanol–water partition coefficient (Wildman–Crippen LogP) is 5.58. The fourth-order valence-corrected chi connectivity index (χ4v) is 8.88. The van der Waals surface area contributed by atoms with Crippen molar-refractivity contribution in [3.63, 3.8) is 0 Å². The summed E-state index contributed by atoms with van der Waals surface area (Å²) in [5.41, 5.74) is 2.16. The second-order valence-electron chi connectivity index (χ2n) is 11.9. The molecule has 1 aliphatic heterocycles. The summed E-state index contributed by atoms with van der Waals surface area (Å²) < 4.78 is 13.2. The molecule has 0 bridgehead atoms. The van der Waals surface area contributed by atoms with Gasteiger partial charge in [-0.15, -0.1) is 0 Å². The van der Waals surface area contributed by atoms with E-state index < -0.39 is 5.79 Å². The van der Waals surface area contributed by atoms with Crippen LogP contribution in [0.3, 0.4) is 0 Å². The van der Waals surface area contributed by atoms with Crippen molar-refractivity contribution in [1.82, 2.24) is 0 Å². The summed E-state index contributed by atoms with van der Waals surface area (Å²) in [7, 11) is 0. The number of hydrogen-bond acceptors (Lipinski definition) is 4. The second-order valence-corrected chi connectivity index (χ2v) is 11.9. The second kappa shape index (κ2) is 6.45. The zero-order chi connectivity index (χ0) is 21.6. The van der Waals surface area contributed by atoms with Crippen molar-refractivity contribution in [3.8, 4) is 0 Å². The molecule has 0 aromatic rings. The van der Waals surface area contributed by atoms with Crippen molar-refractivity contribution < 1.29 is 19.4 Å².